The van der Waals surface area contributed by atoms with Crippen LogP contribution in [0.2, 0.25) is 0 Å². The number of sulfonamides is 1. The van der Waals surface area contributed by atoms with Crippen LogP contribution >= 0.6 is 11.8 Å². The van der Waals surface area contributed by atoms with Gasteiger partial charge in [-0.05, 0) is 49.8 Å². The zero-order valence-electron chi connectivity index (χ0n) is 11.9. The van der Waals surface area contributed by atoms with Gasteiger partial charge in [-0.25, -0.2) is 13.1 Å². The number of benzene rings is 1. The molecule has 3 N–H and O–H groups in total. The maximum Gasteiger partial charge on any atom is 0.242 e. The number of nitrogen functional groups attached to an aromatic ring is 1. The molecule has 4 nitrogen and oxygen atoms in total. The lowest BCUT2D eigenvalue weighted by molar-refractivity contribution is 0.579. The lowest BCUT2D eigenvalue weighted by Gasteiger charge is -2.13. The molecule has 0 aliphatic carbocycles. The van der Waals surface area contributed by atoms with Crippen LogP contribution in [0.4, 0.5) is 5.69 Å². The molecule has 19 heavy (non-hydrogen) atoms. The summed E-state index contributed by atoms with van der Waals surface area (Å²) in [5, 5.41) is 0.430. The third-order valence-electron chi connectivity index (χ3n) is 3.16. The van der Waals surface area contributed by atoms with Crippen molar-refractivity contribution in [2.75, 3.05) is 18.5 Å². The SMILES string of the molecule is CSC(C)CCNS(=O)(=O)c1cc(C)c(C)cc1N. The van der Waals surface area contributed by atoms with Gasteiger partial charge in [0, 0.05) is 11.8 Å². The predicted molar refractivity (Wildman–Crippen MR) is 83.1 cm³/mol. The van der Waals surface area contributed by atoms with Crippen molar-refractivity contribution < 1.29 is 8.42 Å². The summed E-state index contributed by atoms with van der Waals surface area (Å²) in [5.41, 5.74) is 8.03. The Kier molecular flexibility index (Phi) is 5.70. The van der Waals surface area contributed by atoms with Crippen LogP contribution in [0, 0.1) is 13.8 Å². The largest absolute Gasteiger partial charge is 0.398 e. The summed E-state index contributed by atoms with van der Waals surface area (Å²) in [6.45, 7) is 6.29. The van der Waals surface area contributed by atoms with Gasteiger partial charge in [0.1, 0.15) is 4.90 Å². The zero-order valence-corrected chi connectivity index (χ0v) is 13.5. The quantitative estimate of drug-likeness (QED) is 0.791. The molecule has 1 aromatic rings. The molecule has 0 heterocycles. The molecule has 0 aliphatic heterocycles. The Hall–Kier alpha value is -0.720. The molecule has 1 atom stereocenters. The summed E-state index contributed by atoms with van der Waals surface area (Å²) in [6.07, 6.45) is 2.81. The van der Waals surface area contributed by atoms with Crippen molar-refractivity contribution >= 4 is 27.5 Å². The van der Waals surface area contributed by atoms with Crippen LogP contribution in [-0.4, -0.2) is 26.5 Å². The first kappa shape index (κ1) is 16.3. The van der Waals surface area contributed by atoms with E-state index in [0.717, 1.165) is 17.5 Å². The third-order valence-corrected chi connectivity index (χ3v) is 5.72. The van der Waals surface area contributed by atoms with Gasteiger partial charge in [-0.15, -0.1) is 0 Å². The molecule has 0 saturated heterocycles. The maximum atomic E-state index is 12.2. The number of aryl methyl sites for hydroxylation is 2. The molecule has 0 amide bonds. The fourth-order valence-electron chi connectivity index (χ4n) is 1.64. The molecule has 0 saturated carbocycles. The highest BCUT2D eigenvalue weighted by molar-refractivity contribution is 7.99. The first-order chi connectivity index (χ1) is 8.77. The smallest absolute Gasteiger partial charge is 0.242 e. The summed E-state index contributed by atoms with van der Waals surface area (Å²) in [7, 11) is -3.52. The average molecular weight is 302 g/mol. The summed E-state index contributed by atoms with van der Waals surface area (Å²) in [4.78, 5) is 0.174. The van der Waals surface area contributed by atoms with Crippen LogP contribution in [0.3, 0.4) is 0 Å². The molecule has 0 aromatic heterocycles. The molecule has 1 rings (SSSR count). The van der Waals surface area contributed by atoms with E-state index in [9.17, 15) is 8.42 Å². The standard InChI is InChI=1S/C13H22N2O2S2/c1-9-7-12(14)13(8-10(9)2)19(16,17)15-6-5-11(3)18-4/h7-8,11,15H,5-6,14H2,1-4H3. The lowest BCUT2D eigenvalue weighted by Crippen LogP contribution is -2.27. The number of rotatable bonds is 6. The van der Waals surface area contributed by atoms with E-state index in [0.29, 0.717) is 17.5 Å². The summed E-state index contributed by atoms with van der Waals surface area (Å²) in [6, 6.07) is 3.33. The van der Waals surface area contributed by atoms with Crippen LogP contribution in [0.5, 0.6) is 0 Å². The van der Waals surface area contributed by atoms with E-state index in [-0.39, 0.29) is 4.90 Å². The zero-order chi connectivity index (χ0) is 14.6. The van der Waals surface area contributed by atoms with Gasteiger partial charge in [0.05, 0.1) is 5.69 Å². The van der Waals surface area contributed by atoms with Crippen LogP contribution in [0.1, 0.15) is 24.5 Å². The molecule has 0 spiro atoms. The van der Waals surface area contributed by atoms with Gasteiger partial charge in [-0.3, -0.25) is 0 Å². The second-order valence-corrected chi connectivity index (χ2v) is 7.72. The number of thioether (sulfide) groups is 1. The van der Waals surface area contributed by atoms with Gasteiger partial charge >= 0.3 is 0 Å². The average Bonchev–Trinajstić information content (AvgIpc) is 2.33. The minimum absolute atomic E-state index is 0.174. The monoisotopic (exact) mass is 302 g/mol. The van der Waals surface area contributed by atoms with Crippen LogP contribution in [-0.2, 0) is 10.0 Å². The number of anilines is 1. The highest BCUT2D eigenvalue weighted by atomic mass is 32.2. The van der Waals surface area contributed by atoms with E-state index in [4.69, 9.17) is 5.73 Å². The van der Waals surface area contributed by atoms with E-state index in [2.05, 4.69) is 11.6 Å². The second-order valence-electron chi connectivity index (χ2n) is 4.71. The molecule has 0 aliphatic rings. The van der Waals surface area contributed by atoms with Gasteiger partial charge in [-0.2, -0.15) is 11.8 Å². The molecule has 108 valence electrons. The van der Waals surface area contributed by atoms with Crippen molar-refractivity contribution in [3.8, 4) is 0 Å². The molecule has 1 unspecified atom stereocenters. The fraction of sp³-hybridized carbons (Fsp3) is 0.538. The van der Waals surface area contributed by atoms with Crippen LogP contribution < -0.4 is 10.5 Å². The summed E-state index contributed by atoms with van der Waals surface area (Å²) >= 11 is 1.72. The maximum absolute atomic E-state index is 12.2. The first-order valence-corrected chi connectivity index (χ1v) is 8.94. The van der Waals surface area contributed by atoms with E-state index in [1.54, 1.807) is 23.9 Å². The molecule has 0 radical (unpaired) electrons. The van der Waals surface area contributed by atoms with E-state index >= 15 is 0 Å². The van der Waals surface area contributed by atoms with Gasteiger partial charge < -0.3 is 5.73 Å². The number of hydrogen-bond acceptors (Lipinski definition) is 4. The minimum atomic E-state index is -3.52. The van der Waals surface area contributed by atoms with Crippen molar-refractivity contribution in [3.63, 3.8) is 0 Å². The molecule has 0 fully saturated rings. The van der Waals surface area contributed by atoms with Gasteiger partial charge in [0.15, 0.2) is 0 Å². The molecular weight excluding hydrogens is 280 g/mol. The van der Waals surface area contributed by atoms with E-state index in [1.165, 1.54) is 0 Å². The Bertz CT molecular complexity index is 542. The van der Waals surface area contributed by atoms with Gasteiger partial charge in [0.25, 0.3) is 0 Å². The minimum Gasteiger partial charge on any atom is -0.398 e. The molecule has 0 bridgehead atoms. The number of nitrogens with two attached hydrogens (primary N) is 1. The molecular formula is C13H22N2O2S2. The van der Waals surface area contributed by atoms with Gasteiger partial charge in [-0.1, -0.05) is 6.92 Å². The van der Waals surface area contributed by atoms with Crippen LogP contribution in [0.15, 0.2) is 17.0 Å². The van der Waals surface area contributed by atoms with Crippen molar-refractivity contribution in [3.05, 3.63) is 23.3 Å². The van der Waals surface area contributed by atoms with Crippen LogP contribution in [0.25, 0.3) is 0 Å². The normalized spacial score (nSPS) is 13.5. The fourth-order valence-corrected chi connectivity index (χ4v) is 3.23. The van der Waals surface area contributed by atoms with Gasteiger partial charge in [0.2, 0.25) is 10.0 Å². The Balaban J connectivity index is 2.86. The topological polar surface area (TPSA) is 72.2 Å². The van der Waals surface area contributed by atoms with E-state index in [1.807, 2.05) is 20.1 Å². The molecule has 6 heteroatoms. The van der Waals surface area contributed by atoms with E-state index < -0.39 is 10.0 Å². The Morgan fingerprint density at radius 1 is 1.32 bits per heavy atom. The lowest BCUT2D eigenvalue weighted by atomic mass is 10.1. The Morgan fingerprint density at radius 2 is 1.89 bits per heavy atom. The Morgan fingerprint density at radius 3 is 2.47 bits per heavy atom. The van der Waals surface area contributed by atoms with Crippen molar-refractivity contribution in [1.29, 1.82) is 0 Å². The predicted octanol–water partition coefficient (Wildman–Crippen LogP) is 2.31. The summed E-state index contributed by atoms with van der Waals surface area (Å²) in [5.74, 6) is 0. The highest BCUT2D eigenvalue weighted by Crippen LogP contribution is 2.22. The Labute approximate surface area is 120 Å². The second kappa shape index (κ2) is 6.63. The highest BCUT2D eigenvalue weighted by Gasteiger charge is 2.18. The molecule has 1 aromatic carbocycles. The third kappa shape index (κ3) is 4.40. The number of nitrogens with one attached hydrogen (secondary N) is 1. The summed E-state index contributed by atoms with van der Waals surface area (Å²) < 4.78 is 27.0. The van der Waals surface area contributed by atoms with Crippen molar-refractivity contribution in [1.82, 2.24) is 4.72 Å². The van der Waals surface area contributed by atoms with Crippen molar-refractivity contribution in [2.45, 2.75) is 37.3 Å². The first-order valence-electron chi connectivity index (χ1n) is 6.17. The number of hydrogen-bond donors (Lipinski definition) is 2. The van der Waals surface area contributed by atoms with Crippen molar-refractivity contribution in [2.24, 2.45) is 0 Å².